The SMILES string of the molecule is O=C(Nc1cc(-c2ccccc2)ccc1C(=O)O)c1cncc(-c2ccco2)c1. The van der Waals surface area contributed by atoms with Crippen molar-refractivity contribution in [1.29, 1.82) is 0 Å². The van der Waals surface area contributed by atoms with Crippen LogP contribution in [-0.4, -0.2) is 22.0 Å². The van der Waals surface area contributed by atoms with Gasteiger partial charge in [-0.15, -0.1) is 0 Å². The third-order valence-electron chi connectivity index (χ3n) is 4.41. The number of hydrogen-bond donors (Lipinski definition) is 2. The summed E-state index contributed by atoms with van der Waals surface area (Å²) in [6, 6.07) is 19.5. The number of hydrogen-bond acceptors (Lipinski definition) is 4. The lowest BCUT2D eigenvalue weighted by Crippen LogP contribution is -2.15. The molecule has 4 rings (SSSR count). The van der Waals surface area contributed by atoms with Crippen molar-refractivity contribution in [3.8, 4) is 22.5 Å². The number of furan rings is 1. The van der Waals surface area contributed by atoms with Crippen molar-refractivity contribution >= 4 is 17.6 Å². The third-order valence-corrected chi connectivity index (χ3v) is 4.41. The Morgan fingerprint density at radius 2 is 1.69 bits per heavy atom. The van der Waals surface area contributed by atoms with Crippen molar-refractivity contribution in [3.63, 3.8) is 0 Å². The van der Waals surface area contributed by atoms with Crippen LogP contribution in [0, 0.1) is 0 Å². The number of benzene rings is 2. The Balaban J connectivity index is 1.67. The molecular weight excluding hydrogens is 368 g/mol. The molecule has 0 radical (unpaired) electrons. The molecule has 2 N–H and O–H groups in total. The first-order valence-corrected chi connectivity index (χ1v) is 8.85. The predicted octanol–water partition coefficient (Wildman–Crippen LogP) is 4.96. The first-order valence-electron chi connectivity index (χ1n) is 8.85. The number of aromatic carboxylic acids is 1. The Bertz CT molecular complexity index is 1170. The molecule has 0 fully saturated rings. The van der Waals surface area contributed by atoms with Crippen LogP contribution < -0.4 is 5.32 Å². The summed E-state index contributed by atoms with van der Waals surface area (Å²) >= 11 is 0. The van der Waals surface area contributed by atoms with E-state index in [0.29, 0.717) is 16.9 Å². The summed E-state index contributed by atoms with van der Waals surface area (Å²) in [5.74, 6) is -0.995. The zero-order valence-electron chi connectivity index (χ0n) is 15.2. The Hall–Kier alpha value is -4.19. The number of rotatable bonds is 5. The maximum Gasteiger partial charge on any atom is 0.337 e. The summed E-state index contributed by atoms with van der Waals surface area (Å²) in [6.45, 7) is 0. The standard InChI is InChI=1S/C23H16N2O4/c26-22(18-11-17(13-24-14-18)21-7-4-10-29-21)25-20-12-16(8-9-19(20)23(27)28)15-5-2-1-3-6-15/h1-14H,(H,25,26)(H,27,28). The molecule has 6 heteroatoms. The Morgan fingerprint density at radius 3 is 2.41 bits per heavy atom. The van der Waals surface area contributed by atoms with Crippen LogP contribution in [0.15, 0.2) is 89.8 Å². The van der Waals surface area contributed by atoms with Crippen LogP contribution >= 0.6 is 0 Å². The minimum Gasteiger partial charge on any atom is -0.478 e. The second-order valence-electron chi connectivity index (χ2n) is 6.33. The average molecular weight is 384 g/mol. The fraction of sp³-hybridized carbons (Fsp3) is 0. The molecule has 6 nitrogen and oxygen atoms in total. The Labute approximate surface area is 166 Å². The first kappa shape index (κ1) is 18.2. The van der Waals surface area contributed by atoms with Gasteiger partial charge in [0, 0.05) is 18.0 Å². The van der Waals surface area contributed by atoms with Gasteiger partial charge < -0.3 is 14.8 Å². The highest BCUT2D eigenvalue weighted by molar-refractivity contribution is 6.08. The summed E-state index contributed by atoms with van der Waals surface area (Å²) < 4.78 is 5.34. The van der Waals surface area contributed by atoms with Crippen LogP contribution in [0.3, 0.4) is 0 Å². The monoisotopic (exact) mass is 384 g/mol. The van der Waals surface area contributed by atoms with Gasteiger partial charge in [0.2, 0.25) is 0 Å². The molecule has 0 bridgehead atoms. The van der Waals surface area contributed by atoms with Crippen LogP contribution in [0.4, 0.5) is 5.69 Å². The second-order valence-corrected chi connectivity index (χ2v) is 6.33. The number of amides is 1. The van der Waals surface area contributed by atoms with E-state index in [-0.39, 0.29) is 11.3 Å². The molecule has 2 aromatic heterocycles. The van der Waals surface area contributed by atoms with Crippen molar-refractivity contribution < 1.29 is 19.1 Å². The summed E-state index contributed by atoms with van der Waals surface area (Å²) in [6.07, 6.45) is 4.55. The number of anilines is 1. The highest BCUT2D eigenvalue weighted by atomic mass is 16.4. The average Bonchev–Trinajstić information content (AvgIpc) is 3.29. The van der Waals surface area contributed by atoms with Crippen molar-refractivity contribution in [3.05, 3.63) is 96.5 Å². The highest BCUT2D eigenvalue weighted by Crippen LogP contribution is 2.27. The van der Waals surface area contributed by atoms with Gasteiger partial charge in [-0.1, -0.05) is 36.4 Å². The zero-order chi connectivity index (χ0) is 20.2. The van der Waals surface area contributed by atoms with Gasteiger partial charge in [0.25, 0.3) is 5.91 Å². The smallest absolute Gasteiger partial charge is 0.337 e. The molecule has 0 aliphatic carbocycles. The molecule has 2 aromatic carbocycles. The quantitative estimate of drug-likeness (QED) is 0.507. The number of carbonyl (C=O) groups is 2. The lowest BCUT2D eigenvalue weighted by atomic mass is 10.0. The van der Waals surface area contributed by atoms with Crippen LogP contribution in [0.2, 0.25) is 0 Å². The molecule has 0 saturated heterocycles. The molecule has 4 aromatic rings. The maximum absolute atomic E-state index is 12.8. The van der Waals surface area contributed by atoms with Crippen molar-refractivity contribution in [2.24, 2.45) is 0 Å². The molecule has 0 spiro atoms. The minimum atomic E-state index is -1.12. The lowest BCUT2D eigenvalue weighted by Gasteiger charge is -2.11. The van der Waals surface area contributed by atoms with Crippen molar-refractivity contribution in [2.45, 2.75) is 0 Å². The fourth-order valence-corrected chi connectivity index (χ4v) is 2.98. The van der Waals surface area contributed by atoms with E-state index >= 15 is 0 Å². The van der Waals surface area contributed by atoms with Gasteiger partial charge in [-0.05, 0) is 41.5 Å². The maximum atomic E-state index is 12.8. The second kappa shape index (κ2) is 7.82. The molecule has 142 valence electrons. The molecule has 1 amide bonds. The van der Waals surface area contributed by atoms with Gasteiger partial charge in [-0.2, -0.15) is 0 Å². The van der Waals surface area contributed by atoms with Crippen LogP contribution in [0.1, 0.15) is 20.7 Å². The normalized spacial score (nSPS) is 10.5. The molecule has 0 unspecified atom stereocenters. The van der Waals surface area contributed by atoms with E-state index in [9.17, 15) is 14.7 Å². The summed E-state index contributed by atoms with van der Waals surface area (Å²) in [5.41, 5.74) is 2.88. The topological polar surface area (TPSA) is 92.4 Å². The Kier molecular flexibility index (Phi) is 4.90. The lowest BCUT2D eigenvalue weighted by molar-refractivity contribution is 0.0698. The fourth-order valence-electron chi connectivity index (χ4n) is 2.98. The van der Waals surface area contributed by atoms with Gasteiger partial charge in [0.05, 0.1) is 23.1 Å². The van der Waals surface area contributed by atoms with E-state index in [1.54, 1.807) is 36.5 Å². The Morgan fingerprint density at radius 1 is 0.862 bits per heavy atom. The van der Waals surface area contributed by atoms with Gasteiger partial charge in [0.1, 0.15) is 5.76 Å². The molecule has 0 aliphatic rings. The summed E-state index contributed by atoms with van der Waals surface area (Å²) in [5, 5.41) is 12.2. The summed E-state index contributed by atoms with van der Waals surface area (Å²) in [7, 11) is 0. The van der Waals surface area contributed by atoms with E-state index < -0.39 is 11.9 Å². The number of carboxylic acid groups (broad SMARTS) is 1. The third kappa shape index (κ3) is 3.91. The zero-order valence-corrected chi connectivity index (χ0v) is 15.2. The van der Waals surface area contributed by atoms with E-state index in [4.69, 9.17) is 4.42 Å². The number of carbonyl (C=O) groups excluding carboxylic acids is 1. The largest absolute Gasteiger partial charge is 0.478 e. The van der Waals surface area contributed by atoms with Crippen LogP contribution in [-0.2, 0) is 0 Å². The van der Waals surface area contributed by atoms with Crippen molar-refractivity contribution in [1.82, 2.24) is 4.98 Å². The van der Waals surface area contributed by atoms with Crippen LogP contribution in [0.25, 0.3) is 22.5 Å². The van der Waals surface area contributed by atoms with Gasteiger partial charge >= 0.3 is 5.97 Å². The number of pyridine rings is 1. The highest BCUT2D eigenvalue weighted by Gasteiger charge is 2.16. The van der Waals surface area contributed by atoms with E-state index in [0.717, 1.165) is 11.1 Å². The number of nitrogens with zero attached hydrogens (tertiary/aromatic N) is 1. The summed E-state index contributed by atoms with van der Waals surface area (Å²) in [4.78, 5) is 28.5. The first-order chi connectivity index (χ1) is 14.1. The molecular formula is C23H16N2O4. The molecule has 0 aliphatic heterocycles. The van der Waals surface area contributed by atoms with Gasteiger partial charge in [0.15, 0.2) is 0 Å². The number of nitrogens with one attached hydrogen (secondary N) is 1. The minimum absolute atomic E-state index is 0.00757. The van der Waals surface area contributed by atoms with Crippen LogP contribution in [0.5, 0.6) is 0 Å². The predicted molar refractivity (Wildman–Crippen MR) is 109 cm³/mol. The molecule has 2 heterocycles. The van der Waals surface area contributed by atoms with E-state index in [1.807, 2.05) is 30.3 Å². The molecule has 29 heavy (non-hydrogen) atoms. The van der Waals surface area contributed by atoms with Crippen molar-refractivity contribution in [2.75, 3.05) is 5.32 Å². The number of carboxylic acids is 1. The molecule has 0 saturated carbocycles. The van der Waals surface area contributed by atoms with Gasteiger partial charge in [-0.25, -0.2) is 4.79 Å². The number of aromatic nitrogens is 1. The molecule has 0 atom stereocenters. The van der Waals surface area contributed by atoms with E-state index in [2.05, 4.69) is 10.3 Å². The van der Waals surface area contributed by atoms with E-state index in [1.165, 1.54) is 18.5 Å². The van der Waals surface area contributed by atoms with Gasteiger partial charge in [-0.3, -0.25) is 9.78 Å².